The number of rotatable bonds is 4. The molecule has 0 fully saturated rings. The first-order valence-electron chi connectivity index (χ1n) is 6.16. The lowest BCUT2D eigenvalue weighted by Gasteiger charge is -2.19. The predicted molar refractivity (Wildman–Crippen MR) is 79.1 cm³/mol. The smallest absolute Gasteiger partial charge is 0.227 e. The second kappa shape index (κ2) is 5.48. The normalized spacial score (nSPS) is 10.7. The summed E-state index contributed by atoms with van der Waals surface area (Å²) in [4.78, 5) is 10.9. The van der Waals surface area contributed by atoms with E-state index in [0.717, 1.165) is 24.0 Å². The summed E-state index contributed by atoms with van der Waals surface area (Å²) in [5.41, 5.74) is 6.72. The SMILES string of the molecule is CCN(CC)c1nc(N)c2cc(Cl)c(OC)cc2n1. The molecule has 5 nitrogen and oxygen atoms in total. The summed E-state index contributed by atoms with van der Waals surface area (Å²) in [7, 11) is 1.57. The fraction of sp³-hybridized carbons (Fsp3) is 0.385. The van der Waals surface area contributed by atoms with Gasteiger partial charge in [0.15, 0.2) is 0 Å². The number of methoxy groups -OCH3 is 1. The van der Waals surface area contributed by atoms with Crippen LogP contribution in [0.15, 0.2) is 12.1 Å². The molecule has 19 heavy (non-hydrogen) atoms. The number of halogens is 1. The highest BCUT2D eigenvalue weighted by Gasteiger charge is 2.12. The largest absolute Gasteiger partial charge is 0.495 e. The number of benzene rings is 1. The maximum atomic E-state index is 6.09. The van der Waals surface area contributed by atoms with Crippen molar-refractivity contribution in [1.29, 1.82) is 0 Å². The molecule has 0 atom stereocenters. The zero-order chi connectivity index (χ0) is 14.0. The van der Waals surface area contributed by atoms with Gasteiger partial charge in [-0.1, -0.05) is 11.6 Å². The third kappa shape index (κ3) is 2.51. The van der Waals surface area contributed by atoms with Gasteiger partial charge in [-0.2, -0.15) is 4.98 Å². The number of hydrogen-bond acceptors (Lipinski definition) is 5. The van der Waals surface area contributed by atoms with Crippen LogP contribution in [-0.4, -0.2) is 30.2 Å². The van der Waals surface area contributed by atoms with Gasteiger partial charge in [-0.15, -0.1) is 0 Å². The lowest BCUT2D eigenvalue weighted by Crippen LogP contribution is -2.24. The summed E-state index contributed by atoms with van der Waals surface area (Å²) in [5, 5.41) is 1.24. The Labute approximate surface area is 117 Å². The molecule has 0 saturated carbocycles. The number of nitrogens with zero attached hydrogens (tertiary/aromatic N) is 3. The highest BCUT2D eigenvalue weighted by Crippen LogP contribution is 2.32. The van der Waals surface area contributed by atoms with Crippen LogP contribution in [0.1, 0.15) is 13.8 Å². The summed E-state index contributed by atoms with van der Waals surface area (Å²) < 4.78 is 5.20. The molecule has 1 aromatic carbocycles. The molecule has 0 spiro atoms. The summed E-state index contributed by atoms with van der Waals surface area (Å²) in [6.07, 6.45) is 0. The fourth-order valence-electron chi connectivity index (χ4n) is 1.95. The van der Waals surface area contributed by atoms with Crippen molar-refractivity contribution in [3.63, 3.8) is 0 Å². The Morgan fingerprint density at radius 3 is 2.53 bits per heavy atom. The minimum absolute atomic E-state index is 0.427. The molecule has 6 heteroatoms. The van der Waals surface area contributed by atoms with Crippen molar-refractivity contribution in [2.45, 2.75) is 13.8 Å². The van der Waals surface area contributed by atoms with Gasteiger partial charge in [0, 0.05) is 24.5 Å². The molecule has 0 aliphatic heterocycles. The lowest BCUT2D eigenvalue weighted by atomic mass is 10.2. The van der Waals surface area contributed by atoms with Crippen LogP contribution in [0.4, 0.5) is 11.8 Å². The van der Waals surface area contributed by atoms with E-state index in [9.17, 15) is 0 Å². The van der Waals surface area contributed by atoms with E-state index >= 15 is 0 Å². The van der Waals surface area contributed by atoms with Crippen molar-refractivity contribution in [2.75, 3.05) is 30.8 Å². The predicted octanol–water partition coefficient (Wildman–Crippen LogP) is 2.72. The van der Waals surface area contributed by atoms with Gasteiger partial charge in [-0.25, -0.2) is 4.98 Å². The topological polar surface area (TPSA) is 64.3 Å². The van der Waals surface area contributed by atoms with Crippen LogP contribution < -0.4 is 15.4 Å². The maximum Gasteiger partial charge on any atom is 0.227 e. The average molecular weight is 281 g/mol. The first kappa shape index (κ1) is 13.7. The quantitative estimate of drug-likeness (QED) is 0.933. The van der Waals surface area contributed by atoms with Crippen LogP contribution in [0, 0.1) is 0 Å². The molecule has 0 radical (unpaired) electrons. The van der Waals surface area contributed by atoms with E-state index in [1.54, 1.807) is 19.2 Å². The number of nitrogen functional groups attached to an aromatic ring is 1. The zero-order valence-electron chi connectivity index (χ0n) is 11.3. The summed E-state index contributed by atoms with van der Waals surface area (Å²) >= 11 is 6.09. The Hall–Kier alpha value is -1.75. The molecule has 0 saturated heterocycles. The van der Waals surface area contributed by atoms with E-state index in [-0.39, 0.29) is 0 Å². The van der Waals surface area contributed by atoms with Crippen molar-refractivity contribution in [2.24, 2.45) is 0 Å². The molecule has 0 unspecified atom stereocenters. The number of ether oxygens (including phenoxy) is 1. The molecule has 0 aliphatic carbocycles. The molecular weight excluding hydrogens is 264 g/mol. The van der Waals surface area contributed by atoms with Crippen LogP contribution in [0.25, 0.3) is 10.9 Å². The van der Waals surface area contributed by atoms with Crippen molar-refractivity contribution in [3.8, 4) is 5.75 Å². The van der Waals surface area contributed by atoms with E-state index in [4.69, 9.17) is 22.1 Å². The zero-order valence-corrected chi connectivity index (χ0v) is 12.0. The molecule has 0 bridgehead atoms. The van der Waals surface area contributed by atoms with Gasteiger partial charge < -0.3 is 15.4 Å². The Balaban J connectivity index is 2.64. The first-order valence-corrected chi connectivity index (χ1v) is 6.54. The molecule has 102 valence electrons. The minimum atomic E-state index is 0.427. The molecule has 2 rings (SSSR count). The molecule has 2 aromatic rings. The maximum absolute atomic E-state index is 6.09. The van der Waals surface area contributed by atoms with E-state index in [2.05, 4.69) is 23.8 Å². The molecule has 0 amide bonds. The van der Waals surface area contributed by atoms with Crippen LogP contribution >= 0.6 is 11.6 Å². The van der Waals surface area contributed by atoms with E-state index in [1.165, 1.54) is 0 Å². The van der Waals surface area contributed by atoms with E-state index < -0.39 is 0 Å². The third-order valence-electron chi connectivity index (χ3n) is 3.03. The Kier molecular flexibility index (Phi) is 3.95. The molecule has 1 heterocycles. The highest BCUT2D eigenvalue weighted by atomic mass is 35.5. The number of nitrogens with two attached hydrogens (primary N) is 1. The second-order valence-electron chi connectivity index (χ2n) is 4.09. The summed E-state index contributed by atoms with van der Waals surface area (Å²) in [5.74, 6) is 1.63. The highest BCUT2D eigenvalue weighted by molar-refractivity contribution is 6.33. The Bertz CT molecular complexity index is 599. The van der Waals surface area contributed by atoms with E-state index in [0.29, 0.717) is 22.5 Å². The fourth-order valence-corrected chi connectivity index (χ4v) is 2.19. The third-order valence-corrected chi connectivity index (χ3v) is 3.33. The Morgan fingerprint density at radius 1 is 1.26 bits per heavy atom. The van der Waals surface area contributed by atoms with Crippen molar-refractivity contribution in [3.05, 3.63) is 17.2 Å². The number of fused-ring (bicyclic) bond motifs is 1. The van der Waals surface area contributed by atoms with Gasteiger partial charge in [-0.05, 0) is 19.9 Å². The number of anilines is 2. The number of hydrogen-bond donors (Lipinski definition) is 1. The van der Waals surface area contributed by atoms with Gasteiger partial charge in [0.2, 0.25) is 5.95 Å². The van der Waals surface area contributed by atoms with Gasteiger partial charge in [-0.3, -0.25) is 0 Å². The summed E-state index contributed by atoms with van der Waals surface area (Å²) in [6.45, 7) is 5.75. The van der Waals surface area contributed by atoms with Crippen molar-refractivity contribution in [1.82, 2.24) is 9.97 Å². The van der Waals surface area contributed by atoms with Crippen molar-refractivity contribution >= 4 is 34.3 Å². The van der Waals surface area contributed by atoms with Gasteiger partial charge in [0.05, 0.1) is 17.6 Å². The van der Waals surface area contributed by atoms with Crippen LogP contribution in [0.5, 0.6) is 5.75 Å². The first-order chi connectivity index (χ1) is 9.10. The minimum Gasteiger partial charge on any atom is -0.495 e. The van der Waals surface area contributed by atoms with Crippen LogP contribution in [0.2, 0.25) is 5.02 Å². The van der Waals surface area contributed by atoms with Gasteiger partial charge in [0.25, 0.3) is 0 Å². The van der Waals surface area contributed by atoms with Gasteiger partial charge >= 0.3 is 0 Å². The second-order valence-corrected chi connectivity index (χ2v) is 4.49. The lowest BCUT2D eigenvalue weighted by molar-refractivity contribution is 0.415. The average Bonchev–Trinajstić information content (AvgIpc) is 2.40. The molecule has 0 aliphatic rings. The summed E-state index contributed by atoms with van der Waals surface area (Å²) in [6, 6.07) is 3.51. The monoisotopic (exact) mass is 280 g/mol. The van der Waals surface area contributed by atoms with Crippen molar-refractivity contribution < 1.29 is 4.74 Å². The number of aromatic nitrogens is 2. The van der Waals surface area contributed by atoms with Gasteiger partial charge in [0.1, 0.15) is 11.6 Å². The molecule has 1 aromatic heterocycles. The Morgan fingerprint density at radius 2 is 1.95 bits per heavy atom. The standard InChI is InChI=1S/C13H17ClN4O/c1-4-18(5-2)13-16-10-7-11(19-3)9(14)6-8(10)12(15)17-13/h6-7H,4-5H2,1-3H3,(H2,15,16,17). The van der Waals surface area contributed by atoms with E-state index in [1.807, 2.05) is 4.90 Å². The molecule has 2 N–H and O–H groups in total. The molecular formula is C13H17ClN4O. The van der Waals surface area contributed by atoms with Crippen LogP contribution in [-0.2, 0) is 0 Å². The van der Waals surface area contributed by atoms with Crippen LogP contribution in [0.3, 0.4) is 0 Å².